The Bertz CT molecular complexity index is 1060. The number of rotatable bonds is 4. The van der Waals surface area contributed by atoms with Gasteiger partial charge in [0.05, 0.1) is 6.04 Å². The zero-order valence-corrected chi connectivity index (χ0v) is 14.2. The van der Waals surface area contributed by atoms with Crippen LogP contribution in [0.5, 0.6) is 0 Å². The third kappa shape index (κ3) is 3.07. The molecule has 5 heteroatoms. The van der Waals surface area contributed by atoms with Gasteiger partial charge in [-0.05, 0) is 41.5 Å². The first-order valence-electron chi connectivity index (χ1n) is 8.36. The van der Waals surface area contributed by atoms with Gasteiger partial charge < -0.3 is 9.73 Å². The molecular formula is C21H17N3O2. The summed E-state index contributed by atoms with van der Waals surface area (Å²) in [5, 5.41) is 5.17. The Balaban J connectivity index is 1.62. The van der Waals surface area contributed by atoms with Crippen molar-refractivity contribution in [2.75, 3.05) is 0 Å². The van der Waals surface area contributed by atoms with Crippen molar-refractivity contribution < 1.29 is 9.21 Å². The Morgan fingerprint density at radius 3 is 2.62 bits per heavy atom. The van der Waals surface area contributed by atoms with E-state index in [1.807, 2.05) is 61.5 Å². The van der Waals surface area contributed by atoms with Crippen molar-refractivity contribution in [2.45, 2.75) is 13.0 Å². The molecule has 26 heavy (non-hydrogen) atoms. The van der Waals surface area contributed by atoms with Crippen LogP contribution >= 0.6 is 0 Å². The quantitative estimate of drug-likeness (QED) is 0.597. The number of carbonyl (C=O) groups is 1. The lowest BCUT2D eigenvalue weighted by atomic mass is 10.0. The molecule has 1 amide bonds. The number of pyridine rings is 1. The number of nitrogens with zero attached hydrogens (tertiary/aromatic N) is 2. The lowest BCUT2D eigenvalue weighted by Crippen LogP contribution is -2.27. The lowest BCUT2D eigenvalue weighted by Gasteiger charge is -2.13. The molecule has 4 aromatic rings. The van der Waals surface area contributed by atoms with Crippen LogP contribution in [0.2, 0.25) is 0 Å². The second-order valence-electron chi connectivity index (χ2n) is 6.07. The molecule has 0 radical (unpaired) electrons. The molecule has 0 saturated heterocycles. The van der Waals surface area contributed by atoms with Crippen molar-refractivity contribution in [3.05, 3.63) is 84.6 Å². The first-order chi connectivity index (χ1) is 12.7. The third-order valence-electron chi connectivity index (χ3n) is 4.35. The third-order valence-corrected chi connectivity index (χ3v) is 4.35. The van der Waals surface area contributed by atoms with Gasteiger partial charge in [0.2, 0.25) is 0 Å². The monoisotopic (exact) mass is 343 g/mol. The van der Waals surface area contributed by atoms with E-state index in [0.29, 0.717) is 5.76 Å². The van der Waals surface area contributed by atoms with Crippen LogP contribution in [0.25, 0.3) is 22.1 Å². The Morgan fingerprint density at radius 1 is 1.04 bits per heavy atom. The van der Waals surface area contributed by atoms with E-state index in [1.54, 1.807) is 12.4 Å². The van der Waals surface area contributed by atoms with Crippen LogP contribution in [0.4, 0.5) is 0 Å². The van der Waals surface area contributed by atoms with Crippen LogP contribution in [0, 0.1) is 0 Å². The van der Waals surface area contributed by atoms with E-state index in [4.69, 9.17) is 4.42 Å². The van der Waals surface area contributed by atoms with Gasteiger partial charge in [0.1, 0.15) is 0 Å². The van der Waals surface area contributed by atoms with Gasteiger partial charge >= 0.3 is 0 Å². The lowest BCUT2D eigenvalue weighted by molar-refractivity contribution is 0.0935. The standard InChI is InChI=1S/C21H17N3O2/c1-14(15-8-10-22-11-9-15)24-21(25)19-20(26-13-23-19)18-7-6-16-4-2-3-5-17(16)12-18/h2-14H,1H3,(H,24,25)/t14-/m0/s1. The van der Waals surface area contributed by atoms with Crippen molar-refractivity contribution in [2.24, 2.45) is 0 Å². The number of hydrogen-bond acceptors (Lipinski definition) is 4. The number of hydrogen-bond donors (Lipinski definition) is 1. The zero-order chi connectivity index (χ0) is 17.9. The molecule has 2 heterocycles. The predicted molar refractivity (Wildman–Crippen MR) is 99.6 cm³/mol. The summed E-state index contributed by atoms with van der Waals surface area (Å²) in [6.45, 7) is 1.92. The summed E-state index contributed by atoms with van der Waals surface area (Å²) in [5.41, 5.74) is 2.08. The summed E-state index contributed by atoms with van der Waals surface area (Å²) in [5.74, 6) is 0.196. The van der Waals surface area contributed by atoms with Gasteiger partial charge in [0.25, 0.3) is 5.91 Å². The van der Waals surface area contributed by atoms with Gasteiger partial charge in [-0.3, -0.25) is 9.78 Å². The van der Waals surface area contributed by atoms with E-state index >= 15 is 0 Å². The number of fused-ring (bicyclic) bond motifs is 1. The molecule has 128 valence electrons. The molecule has 0 unspecified atom stereocenters. The molecule has 0 spiro atoms. The molecular weight excluding hydrogens is 326 g/mol. The summed E-state index contributed by atoms with van der Waals surface area (Å²) in [7, 11) is 0. The minimum atomic E-state index is -0.272. The van der Waals surface area contributed by atoms with Crippen LogP contribution in [0.1, 0.15) is 29.0 Å². The molecule has 2 aromatic carbocycles. The number of benzene rings is 2. The average molecular weight is 343 g/mol. The van der Waals surface area contributed by atoms with Crippen LogP contribution in [-0.4, -0.2) is 15.9 Å². The summed E-state index contributed by atoms with van der Waals surface area (Å²) in [4.78, 5) is 20.8. The second-order valence-corrected chi connectivity index (χ2v) is 6.07. The second kappa shape index (κ2) is 6.80. The van der Waals surface area contributed by atoms with Crippen molar-refractivity contribution in [3.63, 3.8) is 0 Å². The molecule has 2 aromatic heterocycles. The molecule has 5 nitrogen and oxygen atoms in total. The highest BCUT2D eigenvalue weighted by Crippen LogP contribution is 2.27. The van der Waals surface area contributed by atoms with E-state index in [-0.39, 0.29) is 17.6 Å². The highest BCUT2D eigenvalue weighted by atomic mass is 16.3. The zero-order valence-electron chi connectivity index (χ0n) is 14.2. The largest absolute Gasteiger partial charge is 0.443 e. The summed E-state index contributed by atoms with van der Waals surface area (Å²) in [6.07, 6.45) is 4.71. The Morgan fingerprint density at radius 2 is 1.81 bits per heavy atom. The summed E-state index contributed by atoms with van der Waals surface area (Å²) in [6, 6.07) is 17.6. The fraction of sp³-hybridized carbons (Fsp3) is 0.0952. The number of oxazole rings is 1. The SMILES string of the molecule is C[C@H](NC(=O)c1ncoc1-c1ccc2ccccc2c1)c1ccncc1. The van der Waals surface area contributed by atoms with Crippen LogP contribution in [0.3, 0.4) is 0 Å². The van der Waals surface area contributed by atoms with E-state index in [0.717, 1.165) is 21.9 Å². The number of aromatic nitrogens is 2. The highest BCUT2D eigenvalue weighted by Gasteiger charge is 2.20. The van der Waals surface area contributed by atoms with Gasteiger partial charge in [-0.25, -0.2) is 4.98 Å². The Labute approximate surface area is 150 Å². The number of amides is 1. The average Bonchev–Trinajstić information content (AvgIpc) is 3.18. The molecule has 0 fully saturated rings. The number of nitrogens with one attached hydrogen (secondary N) is 1. The van der Waals surface area contributed by atoms with Crippen molar-refractivity contribution in [3.8, 4) is 11.3 Å². The molecule has 0 saturated carbocycles. The Hall–Kier alpha value is -3.47. The summed E-state index contributed by atoms with van der Waals surface area (Å²) >= 11 is 0. The molecule has 4 rings (SSSR count). The van der Waals surface area contributed by atoms with Gasteiger partial charge in [0.15, 0.2) is 17.8 Å². The van der Waals surface area contributed by atoms with E-state index < -0.39 is 0 Å². The normalized spacial score (nSPS) is 12.0. The molecule has 0 bridgehead atoms. The first kappa shape index (κ1) is 16.0. The fourth-order valence-electron chi connectivity index (χ4n) is 2.94. The van der Waals surface area contributed by atoms with Crippen molar-refractivity contribution in [1.29, 1.82) is 0 Å². The molecule has 1 atom stereocenters. The minimum absolute atomic E-state index is 0.161. The van der Waals surface area contributed by atoms with Crippen LogP contribution in [0.15, 0.2) is 77.8 Å². The summed E-state index contributed by atoms with van der Waals surface area (Å²) < 4.78 is 5.53. The maximum Gasteiger partial charge on any atom is 0.274 e. The van der Waals surface area contributed by atoms with Gasteiger partial charge in [-0.1, -0.05) is 36.4 Å². The maximum atomic E-state index is 12.7. The fourth-order valence-corrected chi connectivity index (χ4v) is 2.94. The minimum Gasteiger partial charge on any atom is -0.443 e. The highest BCUT2D eigenvalue weighted by molar-refractivity contribution is 5.99. The van der Waals surface area contributed by atoms with Crippen molar-refractivity contribution >= 4 is 16.7 Å². The Kier molecular flexibility index (Phi) is 4.19. The van der Waals surface area contributed by atoms with Gasteiger partial charge in [-0.15, -0.1) is 0 Å². The van der Waals surface area contributed by atoms with Crippen LogP contribution in [-0.2, 0) is 0 Å². The van der Waals surface area contributed by atoms with Crippen molar-refractivity contribution in [1.82, 2.24) is 15.3 Å². The maximum absolute atomic E-state index is 12.7. The molecule has 1 N–H and O–H groups in total. The van der Waals surface area contributed by atoms with Crippen LogP contribution < -0.4 is 5.32 Å². The smallest absolute Gasteiger partial charge is 0.274 e. The topological polar surface area (TPSA) is 68.0 Å². The van der Waals surface area contributed by atoms with Gasteiger partial charge in [0, 0.05) is 18.0 Å². The number of carbonyl (C=O) groups excluding carboxylic acids is 1. The van der Waals surface area contributed by atoms with E-state index in [9.17, 15) is 4.79 Å². The van der Waals surface area contributed by atoms with Gasteiger partial charge in [-0.2, -0.15) is 0 Å². The molecule has 0 aliphatic carbocycles. The molecule has 0 aliphatic heterocycles. The first-order valence-corrected chi connectivity index (χ1v) is 8.36. The molecule has 0 aliphatic rings. The van der Waals surface area contributed by atoms with E-state index in [2.05, 4.69) is 15.3 Å². The van der Waals surface area contributed by atoms with E-state index in [1.165, 1.54) is 6.39 Å². The predicted octanol–water partition coefficient (Wildman–Crippen LogP) is 4.38.